The summed E-state index contributed by atoms with van der Waals surface area (Å²) in [6.45, 7) is 9.21. The van der Waals surface area contributed by atoms with E-state index in [0.717, 1.165) is 51.3 Å². The van der Waals surface area contributed by atoms with Gasteiger partial charge < -0.3 is 9.64 Å². The molecule has 0 N–H and O–H groups in total. The Morgan fingerprint density at radius 3 is 2.54 bits per heavy atom. The van der Waals surface area contributed by atoms with Gasteiger partial charge in [-0.3, -0.25) is 19.4 Å². The monoisotopic (exact) mass is 357 g/mol. The Morgan fingerprint density at radius 1 is 1.12 bits per heavy atom. The summed E-state index contributed by atoms with van der Waals surface area (Å²) in [5.41, 5.74) is 2.02. The van der Waals surface area contributed by atoms with E-state index in [-0.39, 0.29) is 17.9 Å². The molecule has 0 saturated carbocycles. The molecule has 0 aromatic heterocycles. The van der Waals surface area contributed by atoms with Gasteiger partial charge in [-0.05, 0) is 38.8 Å². The van der Waals surface area contributed by atoms with Crippen LogP contribution >= 0.6 is 0 Å². The van der Waals surface area contributed by atoms with Gasteiger partial charge in [0.1, 0.15) is 0 Å². The van der Waals surface area contributed by atoms with E-state index in [0.29, 0.717) is 23.7 Å². The molecule has 2 fully saturated rings. The quantitative estimate of drug-likeness (QED) is 0.772. The van der Waals surface area contributed by atoms with Crippen LogP contribution in [-0.4, -0.2) is 73.1 Å². The predicted molar refractivity (Wildman–Crippen MR) is 99.7 cm³/mol. The number of hydrogen-bond acceptors (Lipinski definition) is 5. The van der Waals surface area contributed by atoms with E-state index in [2.05, 4.69) is 23.6 Å². The van der Waals surface area contributed by atoms with Crippen LogP contribution in [0.15, 0.2) is 18.2 Å². The number of benzene rings is 1. The van der Waals surface area contributed by atoms with Crippen LogP contribution in [0.4, 0.5) is 5.69 Å². The lowest BCUT2D eigenvalue weighted by Crippen LogP contribution is -2.49. The standard InChI is InChI=1S/C20H27N3O3/c1-14(2)21-8-10-22(11-9-21)17-7-3-6-16-18(17)20(25)23(19(16)24)13-15-5-4-12-26-15/h3,6-7,14-15H,4-5,8-13H2,1-2H3. The highest BCUT2D eigenvalue weighted by molar-refractivity contribution is 6.23. The van der Waals surface area contributed by atoms with Crippen molar-refractivity contribution in [1.82, 2.24) is 9.80 Å². The van der Waals surface area contributed by atoms with Gasteiger partial charge in [-0.25, -0.2) is 0 Å². The maximum atomic E-state index is 13.0. The predicted octanol–water partition coefficient (Wildman–Crippen LogP) is 1.99. The number of nitrogens with zero attached hydrogens (tertiary/aromatic N) is 3. The second-order valence-corrected chi connectivity index (χ2v) is 7.67. The van der Waals surface area contributed by atoms with Gasteiger partial charge in [0.25, 0.3) is 11.8 Å². The van der Waals surface area contributed by atoms with Crippen LogP contribution in [0, 0.1) is 0 Å². The zero-order valence-corrected chi connectivity index (χ0v) is 15.6. The highest BCUT2D eigenvalue weighted by Crippen LogP contribution is 2.33. The highest BCUT2D eigenvalue weighted by Gasteiger charge is 2.40. The van der Waals surface area contributed by atoms with Gasteiger partial charge in [-0.1, -0.05) is 6.07 Å². The summed E-state index contributed by atoms with van der Waals surface area (Å²) in [4.78, 5) is 31.9. The lowest BCUT2D eigenvalue weighted by atomic mass is 10.1. The third kappa shape index (κ3) is 3.01. The number of rotatable bonds is 4. The Bertz CT molecular complexity index is 704. The average molecular weight is 357 g/mol. The molecule has 0 radical (unpaired) electrons. The molecule has 2 saturated heterocycles. The molecule has 4 rings (SSSR count). The summed E-state index contributed by atoms with van der Waals surface area (Å²) in [5, 5.41) is 0. The summed E-state index contributed by atoms with van der Waals surface area (Å²) in [6, 6.07) is 6.18. The smallest absolute Gasteiger partial charge is 0.263 e. The summed E-state index contributed by atoms with van der Waals surface area (Å²) >= 11 is 0. The van der Waals surface area contributed by atoms with Crippen molar-refractivity contribution in [2.45, 2.75) is 38.8 Å². The Balaban J connectivity index is 1.56. The zero-order valence-electron chi connectivity index (χ0n) is 15.6. The van der Waals surface area contributed by atoms with Gasteiger partial charge >= 0.3 is 0 Å². The van der Waals surface area contributed by atoms with Gasteiger partial charge in [0, 0.05) is 38.8 Å². The van der Waals surface area contributed by atoms with Crippen molar-refractivity contribution in [2.75, 3.05) is 44.2 Å². The largest absolute Gasteiger partial charge is 0.376 e. The number of ether oxygens (including phenoxy) is 1. The summed E-state index contributed by atoms with van der Waals surface area (Å²) in [5.74, 6) is -0.342. The molecule has 6 heteroatoms. The van der Waals surface area contributed by atoms with Gasteiger partial charge in [-0.15, -0.1) is 0 Å². The van der Waals surface area contributed by atoms with Crippen molar-refractivity contribution in [3.05, 3.63) is 29.3 Å². The molecule has 140 valence electrons. The molecule has 1 atom stereocenters. The fourth-order valence-corrected chi connectivity index (χ4v) is 4.22. The van der Waals surface area contributed by atoms with Gasteiger partial charge in [0.15, 0.2) is 0 Å². The van der Waals surface area contributed by atoms with E-state index >= 15 is 0 Å². The molecule has 0 aliphatic carbocycles. The molecule has 1 aromatic rings. The van der Waals surface area contributed by atoms with E-state index in [1.807, 2.05) is 12.1 Å². The minimum absolute atomic E-state index is 0.0183. The van der Waals surface area contributed by atoms with Crippen molar-refractivity contribution < 1.29 is 14.3 Å². The normalized spacial score (nSPS) is 24.0. The SMILES string of the molecule is CC(C)N1CCN(c2cccc3c2C(=O)N(CC2CCCO2)C3=O)CC1. The maximum Gasteiger partial charge on any atom is 0.263 e. The number of amides is 2. The number of imide groups is 1. The van der Waals surface area contributed by atoms with Crippen LogP contribution in [-0.2, 0) is 4.74 Å². The molecule has 1 unspecified atom stereocenters. The average Bonchev–Trinajstić information content (AvgIpc) is 3.25. The Morgan fingerprint density at radius 2 is 1.88 bits per heavy atom. The minimum atomic E-state index is -0.178. The molecule has 3 aliphatic rings. The molecule has 0 spiro atoms. The Hall–Kier alpha value is -1.92. The zero-order chi connectivity index (χ0) is 18.3. The number of anilines is 1. The molecule has 2 amide bonds. The number of carbonyl (C=O) groups excluding carboxylic acids is 2. The van der Waals surface area contributed by atoms with E-state index in [1.165, 1.54) is 4.90 Å². The first kappa shape index (κ1) is 17.5. The van der Waals surface area contributed by atoms with Crippen molar-refractivity contribution in [1.29, 1.82) is 0 Å². The fourth-order valence-electron chi connectivity index (χ4n) is 4.22. The van der Waals surface area contributed by atoms with Crippen molar-refractivity contribution in [3.63, 3.8) is 0 Å². The fraction of sp³-hybridized carbons (Fsp3) is 0.600. The summed E-state index contributed by atoms with van der Waals surface area (Å²) in [7, 11) is 0. The van der Waals surface area contributed by atoms with Crippen LogP contribution in [0.3, 0.4) is 0 Å². The van der Waals surface area contributed by atoms with Crippen molar-refractivity contribution >= 4 is 17.5 Å². The first-order valence-corrected chi connectivity index (χ1v) is 9.66. The van der Waals surface area contributed by atoms with Gasteiger partial charge in [0.05, 0.1) is 29.5 Å². The van der Waals surface area contributed by atoms with E-state index in [9.17, 15) is 9.59 Å². The van der Waals surface area contributed by atoms with E-state index < -0.39 is 0 Å². The molecular weight excluding hydrogens is 330 g/mol. The topological polar surface area (TPSA) is 53.1 Å². The number of carbonyl (C=O) groups is 2. The number of piperazine rings is 1. The number of hydrogen-bond donors (Lipinski definition) is 0. The van der Waals surface area contributed by atoms with Crippen LogP contribution < -0.4 is 4.90 Å². The second kappa shape index (κ2) is 7.00. The third-order valence-electron chi connectivity index (χ3n) is 5.77. The summed E-state index contributed by atoms with van der Waals surface area (Å²) in [6.07, 6.45) is 1.90. The molecule has 1 aromatic carbocycles. The lowest BCUT2D eigenvalue weighted by molar-refractivity contribution is 0.0475. The van der Waals surface area contributed by atoms with Crippen LogP contribution in [0.2, 0.25) is 0 Å². The first-order valence-electron chi connectivity index (χ1n) is 9.66. The molecule has 26 heavy (non-hydrogen) atoms. The molecule has 6 nitrogen and oxygen atoms in total. The van der Waals surface area contributed by atoms with Crippen LogP contribution in [0.25, 0.3) is 0 Å². The molecule has 0 bridgehead atoms. The van der Waals surface area contributed by atoms with E-state index in [1.54, 1.807) is 6.07 Å². The van der Waals surface area contributed by atoms with Crippen LogP contribution in [0.5, 0.6) is 0 Å². The first-order chi connectivity index (χ1) is 12.6. The molecule has 3 aliphatic heterocycles. The van der Waals surface area contributed by atoms with Crippen molar-refractivity contribution in [2.24, 2.45) is 0 Å². The Labute approximate surface area is 154 Å². The number of fused-ring (bicyclic) bond motifs is 1. The molecule has 3 heterocycles. The Kier molecular flexibility index (Phi) is 4.71. The third-order valence-corrected chi connectivity index (χ3v) is 5.77. The van der Waals surface area contributed by atoms with Crippen LogP contribution in [0.1, 0.15) is 47.4 Å². The molecular formula is C20H27N3O3. The lowest BCUT2D eigenvalue weighted by Gasteiger charge is -2.38. The van der Waals surface area contributed by atoms with Gasteiger partial charge in [-0.2, -0.15) is 0 Å². The minimum Gasteiger partial charge on any atom is -0.376 e. The van der Waals surface area contributed by atoms with Crippen molar-refractivity contribution in [3.8, 4) is 0 Å². The van der Waals surface area contributed by atoms with Gasteiger partial charge in [0.2, 0.25) is 0 Å². The second-order valence-electron chi connectivity index (χ2n) is 7.67. The summed E-state index contributed by atoms with van der Waals surface area (Å²) < 4.78 is 5.63. The maximum absolute atomic E-state index is 13.0. The van der Waals surface area contributed by atoms with E-state index in [4.69, 9.17) is 4.74 Å². The highest BCUT2D eigenvalue weighted by atomic mass is 16.5.